The maximum absolute atomic E-state index is 12.8. The molecule has 0 radical (unpaired) electrons. The van der Waals surface area contributed by atoms with Crippen molar-refractivity contribution in [3.05, 3.63) is 41.8 Å². The van der Waals surface area contributed by atoms with E-state index in [9.17, 15) is 4.39 Å². The minimum atomic E-state index is -0.544. The Bertz CT molecular complexity index is 418. The number of hydrogen-bond donors (Lipinski definition) is 0. The Morgan fingerprint density at radius 1 is 1.14 bits per heavy atom. The third-order valence-electron chi connectivity index (χ3n) is 1.66. The van der Waals surface area contributed by atoms with Gasteiger partial charge in [-0.3, -0.25) is 0 Å². The van der Waals surface area contributed by atoms with Crippen LogP contribution in [-0.2, 0) is 0 Å². The first-order chi connectivity index (χ1) is 6.75. The minimum Gasteiger partial charge on any atom is -0.236 e. The molecule has 0 bridgehead atoms. The first kappa shape index (κ1) is 9.02. The first-order valence-electron chi connectivity index (χ1n) is 3.85. The van der Waals surface area contributed by atoms with Gasteiger partial charge in [-0.1, -0.05) is 11.6 Å². The summed E-state index contributed by atoms with van der Waals surface area (Å²) in [5.74, 6) is -0.544. The molecule has 0 aromatic carbocycles. The lowest BCUT2D eigenvalue weighted by Crippen LogP contribution is -1.88. The summed E-state index contributed by atoms with van der Waals surface area (Å²) in [6.07, 6.45) is 2.71. The van der Waals surface area contributed by atoms with Crippen LogP contribution in [0, 0.1) is 5.95 Å². The Morgan fingerprint density at radius 2 is 2.00 bits per heavy atom. The summed E-state index contributed by atoms with van der Waals surface area (Å²) in [5.41, 5.74) is 1.20. The Hall–Kier alpha value is -1.55. The molecule has 2 aromatic rings. The lowest BCUT2D eigenvalue weighted by Gasteiger charge is -1.99. The molecule has 0 aliphatic carbocycles. The molecule has 2 rings (SSSR count). The monoisotopic (exact) mass is 209 g/mol. The SMILES string of the molecule is Fc1cc(-c2cc(Cl)ncn2)ccn1. The Morgan fingerprint density at radius 3 is 2.71 bits per heavy atom. The van der Waals surface area contributed by atoms with Crippen LogP contribution in [0.15, 0.2) is 30.7 Å². The highest BCUT2D eigenvalue weighted by Crippen LogP contribution is 2.18. The second kappa shape index (κ2) is 3.67. The molecule has 0 saturated carbocycles. The molecule has 0 atom stereocenters. The fraction of sp³-hybridized carbons (Fsp3) is 0. The number of pyridine rings is 1. The number of nitrogens with zero attached hydrogens (tertiary/aromatic N) is 3. The van der Waals surface area contributed by atoms with Gasteiger partial charge >= 0.3 is 0 Å². The van der Waals surface area contributed by atoms with E-state index in [0.29, 0.717) is 16.4 Å². The van der Waals surface area contributed by atoms with Crippen molar-refractivity contribution < 1.29 is 4.39 Å². The van der Waals surface area contributed by atoms with E-state index in [-0.39, 0.29) is 0 Å². The summed E-state index contributed by atoms with van der Waals surface area (Å²) in [5, 5.41) is 0.326. The van der Waals surface area contributed by atoms with Crippen LogP contribution in [0.2, 0.25) is 5.15 Å². The van der Waals surface area contributed by atoms with Gasteiger partial charge in [-0.2, -0.15) is 4.39 Å². The zero-order valence-corrected chi connectivity index (χ0v) is 7.74. The third kappa shape index (κ3) is 1.85. The molecule has 0 amide bonds. The molecule has 2 aromatic heterocycles. The van der Waals surface area contributed by atoms with Crippen molar-refractivity contribution >= 4 is 11.6 Å². The standard InChI is InChI=1S/C9H5ClFN3/c10-8-4-7(13-5-14-8)6-1-2-12-9(11)3-6/h1-5H. The van der Waals surface area contributed by atoms with Gasteiger partial charge < -0.3 is 0 Å². The van der Waals surface area contributed by atoms with Crippen LogP contribution in [0.1, 0.15) is 0 Å². The number of rotatable bonds is 1. The van der Waals surface area contributed by atoms with Crippen molar-refractivity contribution in [2.24, 2.45) is 0 Å². The second-order valence-corrected chi connectivity index (χ2v) is 2.98. The van der Waals surface area contributed by atoms with Gasteiger partial charge in [0.05, 0.1) is 5.69 Å². The Labute approximate surface area is 84.6 Å². The van der Waals surface area contributed by atoms with E-state index >= 15 is 0 Å². The topological polar surface area (TPSA) is 38.7 Å². The van der Waals surface area contributed by atoms with Crippen LogP contribution >= 0.6 is 11.6 Å². The predicted molar refractivity (Wildman–Crippen MR) is 50.2 cm³/mol. The number of halogens is 2. The second-order valence-electron chi connectivity index (χ2n) is 2.59. The maximum atomic E-state index is 12.8. The van der Waals surface area contributed by atoms with Crippen molar-refractivity contribution in [2.75, 3.05) is 0 Å². The molecule has 3 nitrogen and oxygen atoms in total. The highest BCUT2D eigenvalue weighted by atomic mass is 35.5. The molecular weight excluding hydrogens is 205 g/mol. The van der Waals surface area contributed by atoms with Gasteiger partial charge in [0.2, 0.25) is 5.95 Å². The smallest absolute Gasteiger partial charge is 0.213 e. The lowest BCUT2D eigenvalue weighted by atomic mass is 10.2. The molecule has 0 aliphatic heterocycles. The van der Waals surface area contributed by atoms with E-state index in [1.54, 1.807) is 12.1 Å². The van der Waals surface area contributed by atoms with Crippen LogP contribution in [-0.4, -0.2) is 15.0 Å². The molecule has 0 saturated heterocycles. The third-order valence-corrected chi connectivity index (χ3v) is 1.86. The van der Waals surface area contributed by atoms with Crippen LogP contribution < -0.4 is 0 Å². The molecule has 14 heavy (non-hydrogen) atoms. The maximum Gasteiger partial charge on any atom is 0.213 e. The van der Waals surface area contributed by atoms with Gasteiger partial charge in [-0.05, 0) is 6.07 Å². The van der Waals surface area contributed by atoms with Crippen molar-refractivity contribution in [3.8, 4) is 11.3 Å². The summed E-state index contributed by atoms with van der Waals surface area (Å²) in [4.78, 5) is 11.1. The van der Waals surface area contributed by atoms with Crippen molar-refractivity contribution in [1.29, 1.82) is 0 Å². The summed E-state index contributed by atoms with van der Waals surface area (Å²) in [6.45, 7) is 0. The molecule has 0 spiro atoms. The predicted octanol–water partition coefficient (Wildman–Crippen LogP) is 2.33. The number of aromatic nitrogens is 3. The van der Waals surface area contributed by atoms with E-state index in [1.165, 1.54) is 18.6 Å². The molecule has 0 fully saturated rings. The zero-order valence-electron chi connectivity index (χ0n) is 6.98. The molecular formula is C9H5ClFN3. The lowest BCUT2D eigenvalue weighted by molar-refractivity contribution is 0.584. The van der Waals surface area contributed by atoms with E-state index < -0.39 is 5.95 Å². The fourth-order valence-corrected chi connectivity index (χ4v) is 1.20. The van der Waals surface area contributed by atoms with E-state index in [1.807, 2.05) is 0 Å². The Kier molecular flexibility index (Phi) is 2.37. The van der Waals surface area contributed by atoms with E-state index in [2.05, 4.69) is 15.0 Å². The van der Waals surface area contributed by atoms with E-state index in [0.717, 1.165) is 0 Å². The Balaban J connectivity index is 2.49. The normalized spacial score (nSPS) is 10.1. The van der Waals surface area contributed by atoms with Crippen LogP contribution in [0.3, 0.4) is 0 Å². The van der Waals surface area contributed by atoms with Crippen LogP contribution in [0.5, 0.6) is 0 Å². The first-order valence-corrected chi connectivity index (χ1v) is 4.23. The summed E-state index contributed by atoms with van der Waals surface area (Å²) >= 11 is 5.67. The van der Waals surface area contributed by atoms with E-state index in [4.69, 9.17) is 11.6 Å². The number of hydrogen-bond acceptors (Lipinski definition) is 3. The van der Waals surface area contributed by atoms with Gasteiger partial charge in [0.25, 0.3) is 0 Å². The fourth-order valence-electron chi connectivity index (χ4n) is 1.05. The minimum absolute atomic E-state index is 0.326. The van der Waals surface area contributed by atoms with Gasteiger partial charge in [-0.15, -0.1) is 0 Å². The summed E-state index contributed by atoms with van der Waals surface area (Å²) in [6, 6.07) is 4.51. The molecule has 5 heteroatoms. The summed E-state index contributed by atoms with van der Waals surface area (Å²) in [7, 11) is 0. The quantitative estimate of drug-likeness (QED) is 0.535. The highest BCUT2D eigenvalue weighted by molar-refractivity contribution is 6.29. The molecule has 2 heterocycles. The van der Waals surface area contributed by atoms with Gasteiger partial charge in [0.15, 0.2) is 0 Å². The van der Waals surface area contributed by atoms with Crippen molar-refractivity contribution in [3.63, 3.8) is 0 Å². The average molecular weight is 210 g/mol. The average Bonchev–Trinajstić information content (AvgIpc) is 2.18. The molecule has 70 valence electrons. The highest BCUT2D eigenvalue weighted by Gasteiger charge is 2.01. The summed E-state index contributed by atoms with van der Waals surface area (Å²) < 4.78 is 12.8. The molecule has 0 aliphatic rings. The van der Waals surface area contributed by atoms with Crippen LogP contribution in [0.4, 0.5) is 4.39 Å². The molecule has 0 unspecified atom stereocenters. The van der Waals surface area contributed by atoms with Crippen LogP contribution in [0.25, 0.3) is 11.3 Å². The molecule has 0 N–H and O–H groups in total. The zero-order chi connectivity index (χ0) is 9.97. The van der Waals surface area contributed by atoms with Crippen molar-refractivity contribution in [2.45, 2.75) is 0 Å². The van der Waals surface area contributed by atoms with Gasteiger partial charge in [0, 0.05) is 23.9 Å². The van der Waals surface area contributed by atoms with Crippen molar-refractivity contribution in [1.82, 2.24) is 15.0 Å². The van der Waals surface area contributed by atoms with Gasteiger partial charge in [0.1, 0.15) is 11.5 Å². The largest absolute Gasteiger partial charge is 0.236 e. The van der Waals surface area contributed by atoms with Gasteiger partial charge in [-0.25, -0.2) is 15.0 Å².